The third kappa shape index (κ3) is 3.76. The Kier molecular flexibility index (Phi) is 4.04. The van der Waals surface area contributed by atoms with Crippen molar-refractivity contribution in [1.29, 1.82) is 0 Å². The lowest BCUT2D eigenvalue weighted by atomic mass is 10.2. The van der Waals surface area contributed by atoms with Gasteiger partial charge in [-0.2, -0.15) is 0 Å². The lowest BCUT2D eigenvalue weighted by molar-refractivity contribution is -0.331. The number of hydrogen-bond acceptors (Lipinski definition) is 1. The summed E-state index contributed by atoms with van der Waals surface area (Å²) in [6.07, 6.45) is 1.78. The largest absolute Gasteiger partial charge is 0.201 e. The van der Waals surface area contributed by atoms with Crippen LogP contribution in [-0.4, -0.2) is 6.10 Å². The Bertz CT molecular complexity index is 37.1. The first kappa shape index (κ1) is 6.92. The van der Waals surface area contributed by atoms with E-state index >= 15 is 0 Å². The summed E-state index contributed by atoms with van der Waals surface area (Å²) in [7, 11) is 0. The van der Waals surface area contributed by atoms with Gasteiger partial charge in [-0.05, 0) is 18.6 Å². The first-order chi connectivity index (χ1) is 3.31. The molecule has 2 nitrogen and oxygen atoms in total. The Morgan fingerprint density at radius 1 is 1.71 bits per heavy atom. The molecule has 0 fully saturated rings. The summed E-state index contributed by atoms with van der Waals surface area (Å²) in [5, 5.41) is 9.52. The van der Waals surface area contributed by atoms with Crippen molar-refractivity contribution in [3.05, 3.63) is 0 Å². The molecule has 0 aromatic carbocycles. The van der Waals surface area contributed by atoms with Gasteiger partial charge in [-0.25, -0.2) is 4.89 Å². The normalized spacial score (nSPS) is 14.1. The fourth-order valence-corrected chi connectivity index (χ4v) is 0.455. The first-order valence-electron chi connectivity index (χ1n) is 2.60. The van der Waals surface area contributed by atoms with Gasteiger partial charge < -0.3 is 0 Å². The van der Waals surface area contributed by atoms with E-state index in [4.69, 9.17) is 0 Å². The molecule has 7 heavy (non-hydrogen) atoms. The number of hydrogen-bond donors (Lipinski definition) is 0. The predicted molar refractivity (Wildman–Crippen MR) is 26.1 cm³/mol. The van der Waals surface area contributed by atoms with Gasteiger partial charge in [-0.3, -0.25) is 0 Å². The van der Waals surface area contributed by atoms with Gasteiger partial charge in [0.15, 0.2) is 0 Å². The molecule has 1 unspecified atom stereocenters. The maximum Gasteiger partial charge on any atom is 0.0934 e. The average molecular weight is 103 g/mol. The second kappa shape index (κ2) is 4.09. The molecule has 0 saturated heterocycles. The van der Waals surface area contributed by atoms with Crippen molar-refractivity contribution in [3.8, 4) is 0 Å². The average Bonchev–Trinajstić information content (AvgIpc) is 1.68. The quantitative estimate of drug-likeness (QED) is 0.393. The molecule has 0 spiro atoms. The Morgan fingerprint density at radius 2 is 2.29 bits per heavy atom. The van der Waals surface area contributed by atoms with Gasteiger partial charge in [0.05, 0.1) is 6.10 Å². The zero-order valence-electron chi connectivity index (χ0n) is 4.81. The van der Waals surface area contributed by atoms with Crippen molar-refractivity contribution in [2.24, 2.45) is 0 Å². The zero-order valence-corrected chi connectivity index (χ0v) is 4.81. The molecular weight excluding hydrogens is 92.1 g/mol. The van der Waals surface area contributed by atoms with E-state index < -0.39 is 0 Å². The second-order valence-electron chi connectivity index (χ2n) is 1.70. The summed E-state index contributed by atoms with van der Waals surface area (Å²) in [6, 6.07) is 0. The minimum atomic E-state index is -0.106. The van der Waals surface area contributed by atoms with Crippen LogP contribution in [0.1, 0.15) is 26.7 Å². The van der Waals surface area contributed by atoms with Crippen LogP contribution in [0.5, 0.6) is 0 Å². The summed E-state index contributed by atoms with van der Waals surface area (Å²) in [5.41, 5.74) is 0. The molecule has 1 radical (unpaired) electrons. The first-order valence-corrected chi connectivity index (χ1v) is 2.60. The van der Waals surface area contributed by atoms with Gasteiger partial charge >= 0.3 is 0 Å². The van der Waals surface area contributed by atoms with Crippen molar-refractivity contribution < 1.29 is 10.1 Å². The van der Waals surface area contributed by atoms with Crippen LogP contribution in [0.2, 0.25) is 0 Å². The SMILES string of the molecule is CCCC(C)O[O]. The van der Waals surface area contributed by atoms with Crippen molar-refractivity contribution in [2.75, 3.05) is 0 Å². The summed E-state index contributed by atoms with van der Waals surface area (Å²) in [5.74, 6) is 0. The fraction of sp³-hybridized carbons (Fsp3) is 1.00. The van der Waals surface area contributed by atoms with E-state index in [1.54, 1.807) is 6.92 Å². The molecule has 0 N–H and O–H groups in total. The highest BCUT2D eigenvalue weighted by atomic mass is 17.1. The monoisotopic (exact) mass is 103 g/mol. The molecule has 43 valence electrons. The molecule has 0 saturated carbocycles. The Morgan fingerprint density at radius 3 is 2.43 bits per heavy atom. The third-order valence-corrected chi connectivity index (χ3v) is 0.859. The van der Waals surface area contributed by atoms with E-state index in [0.717, 1.165) is 12.8 Å². The Labute approximate surface area is 44.0 Å². The molecule has 0 aliphatic heterocycles. The molecule has 0 heterocycles. The van der Waals surface area contributed by atoms with Crippen LogP contribution in [0.4, 0.5) is 0 Å². The second-order valence-corrected chi connectivity index (χ2v) is 1.70. The molecule has 0 bridgehead atoms. The fourth-order valence-electron chi connectivity index (χ4n) is 0.455. The van der Waals surface area contributed by atoms with Crippen molar-refractivity contribution in [3.63, 3.8) is 0 Å². The van der Waals surface area contributed by atoms with Crippen LogP contribution in [0.3, 0.4) is 0 Å². The summed E-state index contributed by atoms with van der Waals surface area (Å²) in [4.78, 5) is 3.74. The van der Waals surface area contributed by atoms with Crippen LogP contribution in [0, 0.1) is 0 Å². The summed E-state index contributed by atoms with van der Waals surface area (Å²) in [6.45, 7) is 3.80. The maximum absolute atomic E-state index is 9.52. The molecule has 2 heteroatoms. The van der Waals surface area contributed by atoms with Gasteiger partial charge in [0.1, 0.15) is 0 Å². The van der Waals surface area contributed by atoms with Crippen molar-refractivity contribution >= 4 is 0 Å². The standard InChI is InChI=1S/C5H11O2/c1-3-4-5(2)7-6/h5H,3-4H2,1-2H3. The highest BCUT2D eigenvalue weighted by molar-refractivity contribution is 4.42. The van der Waals surface area contributed by atoms with Crippen LogP contribution in [0.25, 0.3) is 0 Å². The molecule has 1 atom stereocenters. The van der Waals surface area contributed by atoms with Crippen LogP contribution >= 0.6 is 0 Å². The molecular formula is C5H11O2. The molecule has 0 aromatic heterocycles. The molecule has 0 aliphatic carbocycles. The van der Waals surface area contributed by atoms with E-state index in [1.807, 2.05) is 6.92 Å². The predicted octanol–water partition coefficient (Wildman–Crippen LogP) is 1.54. The smallest absolute Gasteiger partial charge is 0.0934 e. The molecule has 0 rings (SSSR count). The third-order valence-electron chi connectivity index (χ3n) is 0.859. The summed E-state index contributed by atoms with van der Waals surface area (Å²) < 4.78 is 0. The molecule has 0 amide bonds. The van der Waals surface area contributed by atoms with Crippen LogP contribution < -0.4 is 0 Å². The highest BCUT2D eigenvalue weighted by Gasteiger charge is 1.96. The van der Waals surface area contributed by atoms with Gasteiger partial charge in [0.25, 0.3) is 0 Å². The molecule has 0 aliphatic rings. The minimum Gasteiger partial charge on any atom is -0.201 e. The number of rotatable bonds is 3. The van der Waals surface area contributed by atoms with Crippen molar-refractivity contribution in [1.82, 2.24) is 0 Å². The van der Waals surface area contributed by atoms with E-state index in [2.05, 4.69) is 4.89 Å². The van der Waals surface area contributed by atoms with Gasteiger partial charge in [0, 0.05) is 0 Å². The summed E-state index contributed by atoms with van der Waals surface area (Å²) >= 11 is 0. The van der Waals surface area contributed by atoms with Crippen LogP contribution in [0.15, 0.2) is 0 Å². The van der Waals surface area contributed by atoms with E-state index in [1.165, 1.54) is 0 Å². The molecule has 0 aromatic rings. The Balaban J connectivity index is 2.83. The highest BCUT2D eigenvalue weighted by Crippen LogP contribution is 1.97. The topological polar surface area (TPSA) is 29.1 Å². The lowest BCUT2D eigenvalue weighted by Gasteiger charge is -1.99. The zero-order chi connectivity index (χ0) is 5.70. The van der Waals surface area contributed by atoms with Crippen LogP contribution in [-0.2, 0) is 10.1 Å². The lowest BCUT2D eigenvalue weighted by Crippen LogP contribution is -2.01. The van der Waals surface area contributed by atoms with E-state index in [0.29, 0.717) is 0 Å². The minimum absolute atomic E-state index is 0.106. The van der Waals surface area contributed by atoms with E-state index in [9.17, 15) is 5.26 Å². The Hall–Kier alpha value is -0.0800. The van der Waals surface area contributed by atoms with Crippen molar-refractivity contribution in [2.45, 2.75) is 32.8 Å². The van der Waals surface area contributed by atoms with Gasteiger partial charge in [-0.15, -0.1) is 0 Å². The maximum atomic E-state index is 9.52. The van der Waals surface area contributed by atoms with E-state index in [-0.39, 0.29) is 6.10 Å². The van der Waals surface area contributed by atoms with Gasteiger partial charge in [-0.1, -0.05) is 13.3 Å². The van der Waals surface area contributed by atoms with Gasteiger partial charge in [0.2, 0.25) is 0 Å².